The first-order chi connectivity index (χ1) is 15.0. The summed E-state index contributed by atoms with van der Waals surface area (Å²) in [5, 5.41) is 12.5. The lowest BCUT2D eigenvalue weighted by Crippen LogP contribution is -2.37. The van der Waals surface area contributed by atoms with Crippen molar-refractivity contribution in [2.75, 3.05) is 13.7 Å². The summed E-state index contributed by atoms with van der Waals surface area (Å²) in [5.74, 6) is -0.0558. The van der Waals surface area contributed by atoms with Gasteiger partial charge in [0.15, 0.2) is 0 Å². The number of hydrogen-bond donors (Lipinski definition) is 2. The van der Waals surface area contributed by atoms with Crippen molar-refractivity contribution in [3.8, 4) is 16.3 Å². The van der Waals surface area contributed by atoms with Crippen LogP contribution in [0.3, 0.4) is 0 Å². The Kier molecular flexibility index (Phi) is 5.17. The lowest BCUT2D eigenvalue weighted by molar-refractivity contribution is -0.144. The summed E-state index contributed by atoms with van der Waals surface area (Å²) >= 11 is 7.71. The van der Waals surface area contributed by atoms with Crippen molar-refractivity contribution in [3.05, 3.63) is 69.8 Å². The molecular formula is C23H20ClN3O3S. The van der Waals surface area contributed by atoms with E-state index in [9.17, 15) is 9.90 Å². The van der Waals surface area contributed by atoms with Crippen molar-refractivity contribution in [2.45, 2.75) is 19.0 Å². The fraction of sp³-hybridized carbons (Fsp3) is 0.217. The number of carbonyl (C=O) groups is 1. The van der Waals surface area contributed by atoms with Gasteiger partial charge in [0.25, 0.3) is 0 Å². The molecule has 1 atom stereocenters. The Balaban J connectivity index is 1.45. The Bertz CT molecular complexity index is 1270. The minimum Gasteiger partial charge on any atom is -0.497 e. The number of H-pyrrole nitrogens is 1. The van der Waals surface area contributed by atoms with Crippen LogP contribution in [0.2, 0.25) is 5.02 Å². The number of halogens is 1. The molecule has 3 heterocycles. The molecule has 1 aliphatic rings. The van der Waals surface area contributed by atoms with Crippen molar-refractivity contribution in [3.63, 3.8) is 0 Å². The van der Waals surface area contributed by atoms with Gasteiger partial charge < -0.3 is 14.8 Å². The van der Waals surface area contributed by atoms with Crippen LogP contribution < -0.4 is 4.74 Å². The smallest absolute Gasteiger partial charge is 0.325 e. The van der Waals surface area contributed by atoms with Crippen LogP contribution in [0.1, 0.15) is 22.2 Å². The van der Waals surface area contributed by atoms with E-state index in [0.717, 1.165) is 49.8 Å². The third kappa shape index (κ3) is 3.69. The van der Waals surface area contributed by atoms with Gasteiger partial charge in [-0.3, -0.25) is 9.69 Å². The van der Waals surface area contributed by atoms with Crippen LogP contribution in [0, 0.1) is 0 Å². The van der Waals surface area contributed by atoms with Crippen LogP contribution in [-0.2, 0) is 17.8 Å². The molecule has 4 aromatic rings. The monoisotopic (exact) mass is 453 g/mol. The fourth-order valence-electron chi connectivity index (χ4n) is 4.13. The SMILES string of the molecule is COc1ccc(-c2nc3c(s2)CN([C@@H](C(=O)O)c2c[nH]c4cc(Cl)ccc24)CC3)cc1. The van der Waals surface area contributed by atoms with Gasteiger partial charge in [0.2, 0.25) is 0 Å². The zero-order chi connectivity index (χ0) is 21.5. The molecule has 0 saturated heterocycles. The number of methoxy groups -OCH3 is 1. The van der Waals surface area contributed by atoms with Gasteiger partial charge in [-0.25, -0.2) is 4.98 Å². The summed E-state index contributed by atoms with van der Waals surface area (Å²) in [7, 11) is 1.65. The third-order valence-electron chi connectivity index (χ3n) is 5.67. The molecule has 5 rings (SSSR count). The first-order valence-electron chi connectivity index (χ1n) is 9.90. The number of aromatic amines is 1. The number of carboxylic acid groups (broad SMARTS) is 1. The van der Waals surface area contributed by atoms with E-state index in [4.69, 9.17) is 21.3 Å². The van der Waals surface area contributed by atoms with Gasteiger partial charge in [-0.2, -0.15) is 0 Å². The average molecular weight is 454 g/mol. The quantitative estimate of drug-likeness (QED) is 0.437. The maximum Gasteiger partial charge on any atom is 0.325 e. The van der Waals surface area contributed by atoms with Gasteiger partial charge in [0.05, 0.1) is 12.8 Å². The lowest BCUT2D eigenvalue weighted by Gasteiger charge is -2.31. The molecule has 0 amide bonds. The second-order valence-corrected chi connectivity index (χ2v) is 9.03. The predicted molar refractivity (Wildman–Crippen MR) is 122 cm³/mol. The highest BCUT2D eigenvalue weighted by Gasteiger charge is 2.33. The number of aliphatic carboxylic acids is 1. The lowest BCUT2D eigenvalue weighted by atomic mass is 10.0. The van der Waals surface area contributed by atoms with Crippen molar-refractivity contribution < 1.29 is 14.6 Å². The summed E-state index contributed by atoms with van der Waals surface area (Å²) in [6.07, 6.45) is 2.50. The van der Waals surface area contributed by atoms with Gasteiger partial charge in [-0.1, -0.05) is 17.7 Å². The van der Waals surface area contributed by atoms with Crippen LogP contribution in [0.15, 0.2) is 48.7 Å². The van der Waals surface area contributed by atoms with E-state index >= 15 is 0 Å². The summed E-state index contributed by atoms with van der Waals surface area (Å²) in [6, 6.07) is 12.6. The van der Waals surface area contributed by atoms with Crippen LogP contribution >= 0.6 is 22.9 Å². The van der Waals surface area contributed by atoms with Gasteiger partial charge >= 0.3 is 5.97 Å². The Morgan fingerprint density at radius 3 is 2.84 bits per heavy atom. The number of benzene rings is 2. The molecule has 0 saturated carbocycles. The summed E-state index contributed by atoms with van der Waals surface area (Å²) in [5.41, 5.74) is 3.69. The molecule has 0 spiro atoms. The highest BCUT2D eigenvalue weighted by molar-refractivity contribution is 7.15. The van der Waals surface area contributed by atoms with Crippen molar-refractivity contribution in [1.29, 1.82) is 0 Å². The van der Waals surface area contributed by atoms with Crippen LogP contribution in [0.5, 0.6) is 5.75 Å². The second kappa shape index (κ2) is 8.00. The first kappa shape index (κ1) is 20.1. The van der Waals surface area contributed by atoms with Crippen LogP contribution in [-0.4, -0.2) is 39.6 Å². The highest BCUT2D eigenvalue weighted by atomic mass is 35.5. The zero-order valence-corrected chi connectivity index (χ0v) is 18.3. The van der Waals surface area contributed by atoms with E-state index in [1.54, 1.807) is 30.7 Å². The number of hydrogen-bond acceptors (Lipinski definition) is 5. The van der Waals surface area contributed by atoms with Crippen LogP contribution in [0.25, 0.3) is 21.5 Å². The van der Waals surface area contributed by atoms with Gasteiger partial charge in [-0.15, -0.1) is 11.3 Å². The molecule has 0 aliphatic carbocycles. The molecule has 31 heavy (non-hydrogen) atoms. The van der Waals surface area contributed by atoms with Crippen molar-refractivity contribution in [2.24, 2.45) is 0 Å². The Morgan fingerprint density at radius 2 is 2.10 bits per heavy atom. The second-order valence-electron chi connectivity index (χ2n) is 7.51. The molecule has 0 bridgehead atoms. The minimum absolute atomic E-state index is 0.556. The Morgan fingerprint density at radius 1 is 1.29 bits per heavy atom. The molecule has 1 aliphatic heterocycles. The number of thiazole rings is 1. The number of nitrogens with one attached hydrogen (secondary N) is 1. The zero-order valence-electron chi connectivity index (χ0n) is 16.8. The van der Waals surface area contributed by atoms with E-state index in [1.165, 1.54) is 0 Å². The Labute approximate surface area is 188 Å². The largest absolute Gasteiger partial charge is 0.497 e. The first-order valence-corrected chi connectivity index (χ1v) is 11.1. The number of fused-ring (bicyclic) bond motifs is 2. The molecule has 0 unspecified atom stereocenters. The summed E-state index contributed by atoms with van der Waals surface area (Å²) in [6.45, 7) is 1.19. The van der Waals surface area contributed by atoms with Gasteiger partial charge in [0, 0.05) is 57.6 Å². The van der Waals surface area contributed by atoms with E-state index < -0.39 is 12.0 Å². The molecular weight excluding hydrogens is 434 g/mol. The van der Waals surface area contributed by atoms with Crippen LogP contribution in [0.4, 0.5) is 0 Å². The summed E-state index contributed by atoms with van der Waals surface area (Å²) < 4.78 is 5.23. The maximum atomic E-state index is 12.3. The van der Waals surface area contributed by atoms with E-state index in [2.05, 4.69) is 4.98 Å². The molecule has 0 fully saturated rings. The van der Waals surface area contributed by atoms with Crippen molar-refractivity contribution in [1.82, 2.24) is 14.9 Å². The number of carboxylic acids is 1. The fourth-order valence-corrected chi connectivity index (χ4v) is 5.44. The number of ether oxygens (including phenoxy) is 1. The molecule has 2 aromatic heterocycles. The molecule has 158 valence electrons. The molecule has 2 aromatic carbocycles. The molecule has 8 heteroatoms. The number of nitrogens with zero attached hydrogens (tertiary/aromatic N) is 2. The average Bonchev–Trinajstić information content (AvgIpc) is 3.37. The van der Waals surface area contributed by atoms with E-state index in [0.29, 0.717) is 18.1 Å². The van der Waals surface area contributed by atoms with E-state index in [1.807, 2.05) is 41.3 Å². The minimum atomic E-state index is -0.862. The Hall–Kier alpha value is -2.87. The molecule has 6 nitrogen and oxygen atoms in total. The van der Waals surface area contributed by atoms with E-state index in [-0.39, 0.29) is 0 Å². The van der Waals surface area contributed by atoms with Crippen molar-refractivity contribution >= 4 is 39.8 Å². The number of aromatic nitrogens is 2. The molecule has 2 N–H and O–H groups in total. The number of rotatable bonds is 5. The predicted octanol–water partition coefficient (Wildman–Crippen LogP) is 5.14. The molecule has 0 radical (unpaired) electrons. The topological polar surface area (TPSA) is 78.4 Å². The highest BCUT2D eigenvalue weighted by Crippen LogP contribution is 2.37. The standard InChI is InChI=1S/C23H20ClN3O3S/c1-30-15-5-2-13(3-6-15)22-26-18-8-9-27(12-20(18)31-22)21(23(28)29)17-11-25-19-10-14(24)4-7-16(17)19/h2-7,10-11,21,25H,8-9,12H2,1H3,(H,28,29)/t21-/m1/s1. The maximum absolute atomic E-state index is 12.3. The van der Waals surface area contributed by atoms with Gasteiger partial charge in [0.1, 0.15) is 16.8 Å². The third-order valence-corrected chi connectivity index (χ3v) is 7.03. The van der Waals surface area contributed by atoms with Gasteiger partial charge in [-0.05, 0) is 36.4 Å². The summed E-state index contributed by atoms with van der Waals surface area (Å²) in [4.78, 5) is 23.4. The normalized spacial score (nSPS) is 15.0.